The maximum absolute atomic E-state index is 10.6. The number of piperazine rings is 4. The first-order chi connectivity index (χ1) is 64.4. The molecule has 0 radical (unpaired) electrons. The van der Waals surface area contributed by atoms with Crippen LogP contribution in [-0.4, -0.2) is 285 Å². The van der Waals surface area contributed by atoms with Gasteiger partial charge in [0, 0.05) is 167 Å². The van der Waals surface area contributed by atoms with E-state index in [1.807, 2.05) is 43.0 Å². The van der Waals surface area contributed by atoms with Gasteiger partial charge in [-0.1, -0.05) is 62.4 Å². The number of ether oxygens (including phenoxy) is 1. The van der Waals surface area contributed by atoms with E-state index in [0.29, 0.717) is 42.2 Å². The first-order valence-electron chi connectivity index (χ1n) is 49.6. The Bertz CT molecular complexity index is 5790. The zero-order valence-electron chi connectivity index (χ0n) is 80.5. The van der Waals surface area contributed by atoms with Crippen molar-refractivity contribution in [3.05, 3.63) is 238 Å². The van der Waals surface area contributed by atoms with Gasteiger partial charge >= 0.3 is 0 Å². The number of hydrogen-bond acceptors (Lipinski definition) is 23. The van der Waals surface area contributed by atoms with Crippen molar-refractivity contribution >= 4 is 45.9 Å². The number of rotatable bonds is 19. The van der Waals surface area contributed by atoms with Crippen molar-refractivity contribution in [1.29, 1.82) is 0 Å². The van der Waals surface area contributed by atoms with Crippen LogP contribution >= 0.6 is 0 Å². The van der Waals surface area contributed by atoms with Gasteiger partial charge in [0.1, 0.15) is 45.9 Å². The van der Waals surface area contributed by atoms with Crippen molar-refractivity contribution < 1.29 is 14.9 Å². The van der Waals surface area contributed by atoms with Gasteiger partial charge in [-0.25, -0.2) is 19.9 Å². The molecule has 21 heterocycles. The lowest BCUT2D eigenvalue weighted by molar-refractivity contribution is -0.0661. The average Bonchev–Trinajstić information content (AvgIpc) is 1.59. The van der Waals surface area contributed by atoms with Gasteiger partial charge in [-0.05, 0) is 254 Å². The fraction of sp³-hybridized carbons (Fsp3) is 0.543. The number of fused-ring (bicyclic) bond motifs is 4. The molecule has 27 nitrogen and oxygen atoms in total. The predicted molar refractivity (Wildman–Crippen MR) is 528 cm³/mol. The van der Waals surface area contributed by atoms with E-state index in [2.05, 4.69) is 282 Å². The van der Waals surface area contributed by atoms with Crippen LogP contribution in [0.5, 0.6) is 0 Å². The van der Waals surface area contributed by atoms with Crippen molar-refractivity contribution in [2.45, 2.75) is 205 Å². The van der Waals surface area contributed by atoms with Gasteiger partial charge in [-0.3, -0.25) is 66.9 Å². The molecule has 0 spiro atoms. The van der Waals surface area contributed by atoms with E-state index in [0.717, 1.165) is 246 Å². The van der Waals surface area contributed by atoms with Crippen LogP contribution in [-0.2, 0) is 11.3 Å². The van der Waals surface area contributed by atoms with E-state index in [1.54, 1.807) is 0 Å². The number of pyridine rings is 8. The summed E-state index contributed by atoms with van der Waals surface area (Å²) < 4.78 is 14.5. The lowest BCUT2D eigenvalue weighted by Crippen LogP contribution is -2.56. The van der Waals surface area contributed by atoms with Gasteiger partial charge in [-0.15, -0.1) is 0 Å². The molecule has 0 amide bonds. The van der Waals surface area contributed by atoms with Crippen LogP contribution in [0.4, 0.5) is 23.3 Å². The molecule has 0 unspecified atom stereocenters. The Balaban J connectivity index is 0.000000118. The Hall–Kier alpha value is -9.88. The number of aliphatic hydroxyl groups excluding tert-OH is 2. The second-order valence-electron chi connectivity index (χ2n) is 39.3. The third-order valence-corrected chi connectivity index (χ3v) is 30.6. The SMILES string of the molecule is CC(C)c1cccnc1[C@@H]1CCC[C@H](c2cn3c(N4CCN(C)CC4)cccc3n2)N1C.Cc1cccnc1[C@@H]1CCC[C@H](c2cn3c(N4CCN(C)CC4)cccc3n2)N1CCCO.Cc1cccnc1[C@@H]1CCC[C@H](c2cn3c(N4CCN(C5COC5)CC4)cccc3n2)N1C.Cc1cccnc1[C@@H]1CCC[C@H](c2nc3cccc(N4CCN(C(C)C)CC4)n3c2CO)N1C. The molecule has 702 valence electrons. The van der Waals surface area contributed by atoms with Crippen LogP contribution in [0.25, 0.3) is 22.6 Å². The molecule has 0 saturated carbocycles. The Kier molecular flexibility index (Phi) is 29.4. The number of likely N-dealkylation sites (tertiary alicyclic amines) is 4. The monoisotopic (exact) mass is 1790 g/mol. The van der Waals surface area contributed by atoms with Crippen LogP contribution in [0.3, 0.4) is 0 Å². The molecule has 12 aromatic heterocycles. The minimum absolute atomic E-state index is 0.0168. The molecule has 9 aliphatic heterocycles. The Morgan fingerprint density at radius 1 is 0.371 bits per heavy atom. The predicted octanol–water partition coefficient (Wildman–Crippen LogP) is 15.4. The summed E-state index contributed by atoms with van der Waals surface area (Å²) in [7, 11) is 11.1. The van der Waals surface area contributed by atoms with Gasteiger partial charge in [-0.2, -0.15) is 0 Å². The molecular formula is C105H144N24O3. The van der Waals surface area contributed by atoms with Gasteiger partial charge < -0.3 is 44.3 Å². The highest BCUT2D eigenvalue weighted by atomic mass is 16.5. The first-order valence-corrected chi connectivity index (χ1v) is 49.6. The Morgan fingerprint density at radius 2 is 0.742 bits per heavy atom. The molecule has 2 N–H and O–H groups in total. The lowest BCUT2D eigenvalue weighted by atomic mass is 9.88. The minimum atomic E-state index is -0.0168. The van der Waals surface area contributed by atoms with Crippen LogP contribution < -0.4 is 19.6 Å². The normalized spacial score (nSPS) is 23.6. The van der Waals surface area contributed by atoms with Crippen molar-refractivity contribution in [3.63, 3.8) is 0 Å². The number of piperidine rings is 4. The van der Waals surface area contributed by atoms with Gasteiger partial charge in [0.15, 0.2) is 0 Å². The van der Waals surface area contributed by atoms with E-state index in [-0.39, 0.29) is 37.4 Å². The molecule has 132 heavy (non-hydrogen) atoms. The number of anilines is 4. The second kappa shape index (κ2) is 41.9. The first kappa shape index (κ1) is 92.6. The van der Waals surface area contributed by atoms with E-state index in [9.17, 15) is 10.2 Å². The fourth-order valence-corrected chi connectivity index (χ4v) is 22.8. The molecule has 9 saturated heterocycles. The maximum Gasteiger partial charge on any atom is 0.138 e. The van der Waals surface area contributed by atoms with Gasteiger partial charge in [0.25, 0.3) is 0 Å². The van der Waals surface area contributed by atoms with Crippen molar-refractivity contribution in [2.24, 2.45) is 0 Å². The van der Waals surface area contributed by atoms with E-state index in [4.69, 9.17) is 44.6 Å². The number of aryl methyl sites for hydroxylation is 3. The highest BCUT2D eigenvalue weighted by Gasteiger charge is 2.41. The Labute approximate surface area is 782 Å². The number of aromatic nitrogens is 12. The summed E-state index contributed by atoms with van der Waals surface area (Å²) in [5.74, 6) is 5.37. The highest BCUT2D eigenvalue weighted by Crippen LogP contribution is 2.47. The number of nitrogens with zero attached hydrogens (tertiary/aromatic N) is 24. The lowest BCUT2D eigenvalue weighted by Gasteiger charge is -2.43. The summed E-state index contributed by atoms with van der Waals surface area (Å²) in [4.78, 5) is 69.4. The summed E-state index contributed by atoms with van der Waals surface area (Å²) in [6, 6.07) is 46.1. The third-order valence-electron chi connectivity index (χ3n) is 30.6. The maximum atomic E-state index is 10.6. The molecule has 9 fully saturated rings. The zero-order valence-corrected chi connectivity index (χ0v) is 80.5. The van der Waals surface area contributed by atoms with Crippen LogP contribution in [0.15, 0.2) is 165 Å². The van der Waals surface area contributed by atoms with Crippen LogP contribution in [0.1, 0.15) is 239 Å². The van der Waals surface area contributed by atoms with Gasteiger partial charge in [0.05, 0.1) is 125 Å². The van der Waals surface area contributed by atoms with E-state index in [1.165, 1.54) is 81.0 Å². The molecule has 8 atom stereocenters. The van der Waals surface area contributed by atoms with E-state index < -0.39 is 0 Å². The highest BCUT2D eigenvalue weighted by molar-refractivity contribution is 5.58. The molecule has 9 aliphatic rings. The molecule has 21 rings (SSSR count). The number of aliphatic hydroxyl groups is 2. The standard InChI is InChI=1S/C27H38N6O.C26H34N6O.C26H36N6O.C26H36N6/c1-19(2)31-14-16-32(17-15-31)25-12-6-11-24-29-27(23(18-34)33(24)25)22-10-5-9-21(30(22)4)26-20(3)8-7-13-28-26;1-19-6-5-11-27-26(19)23-8-3-7-22(29(23)2)21-16-32-24(28-21)9-4-10-25(32)31-14-12-30(13-15-31)20-17-33-18-20;1-20-7-5-12-27-26(20)23-9-3-8-22(31(23)13-6-18-33)21-19-32-24(28-21)10-4-11-25(32)30-16-14-29(2)15-17-30;1-19(2)20-8-7-13-27-26(20)23-10-5-9-22(30(23)4)21-18-32-24(28-21)11-6-12-25(32)31-16-14-29(3)15-17-31/h6-8,11-13,19,21-22,34H,5,9-10,14-18H2,1-4H3;4-6,9-11,16,20,22-23H,3,7-8,12-15,17-18H2,1-2H3;4-5,7,10-12,19,22-23,33H,3,6,8-9,13-18H2,1-2H3;6-8,11-13,18-19,22-23H,5,9-10,14-17H2,1-4H3/t21-,22+;3*22-,23+/m0111/s1. The summed E-state index contributed by atoms with van der Waals surface area (Å²) >= 11 is 0. The second-order valence-corrected chi connectivity index (χ2v) is 39.3. The van der Waals surface area contributed by atoms with Crippen LogP contribution in [0.2, 0.25) is 0 Å². The summed E-state index contributed by atoms with van der Waals surface area (Å²) in [5, 5.41) is 20.2. The van der Waals surface area contributed by atoms with E-state index >= 15 is 0 Å². The van der Waals surface area contributed by atoms with Crippen LogP contribution in [0, 0.1) is 20.8 Å². The topological polar surface area (TPSA) is 209 Å². The third kappa shape index (κ3) is 19.7. The van der Waals surface area contributed by atoms with Crippen molar-refractivity contribution in [2.75, 3.05) is 186 Å². The van der Waals surface area contributed by atoms with Crippen molar-refractivity contribution in [3.8, 4) is 0 Å². The molecule has 12 aromatic rings. The fourth-order valence-electron chi connectivity index (χ4n) is 22.8. The largest absolute Gasteiger partial charge is 0.396 e. The molecule has 27 heteroatoms. The van der Waals surface area contributed by atoms with Crippen molar-refractivity contribution in [1.82, 2.24) is 96.7 Å². The minimum Gasteiger partial charge on any atom is -0.396 e. The number of hydrogen-bond donors (Lipinski definition) is 2. The quantitative estimate of drug-likeness (QED) is 0.0771. The number of likely N-dealkylation sites (N-methyl/N-ethyl adjacent to an activating group) is 2. The molecule has 0 aromatic carbocycles. The zero-order chi connectivity index (χ0) is 91.2. The number of imidazole rings is 4. The summed E-state index contributed by atoms with van der Waals surface area (Å²) in [6.45, 7) is 35.3. The molecular weight excluding hydrogens is 1650 g/mol. The van der Waals surface area contributed by atoms with Gasteiger partial charge in [0.2, 0.25) is 0 Å². The summed E-state index contributed by atoms with van der Waals surface area (Å²) in [6.07, 6.45) is 28.9. The molecule has 0 bridgehead atoms. The Morgan fingerprint density at radius 3 is 1.17 bits per heavy atom. The average molecular weight is 1790 g/mol. The summed E-state index contributed by atoms with van der Waals surface area (Å²) in [5.41, 5.74) is 19.4. The molecule has 0 aliphatic carbocycles. The smallest absolute Gasteiger partial charge is 0.138 e.